The summed E-state index contributed by atoms with van der Waals surface area (Å²) in [6, 6.07) is 3.96. The number of methoxy groups -OCH3 is 1. The van der Waals surface area contributed by atoms with Gasteiger partial charge in [-0.05, 0) is 79.5 Å². The van der Waals surface area contributed by atoms with Gasteiger partial charge in [0.05, 0.1) is 7.11 Å². The molecule has 3 unspecified atom stereocenters. The Morgan fingerprint density at radius 2 is 2.08 bits per heavy atom. The van der Waals surface area contributed by atoms with Crippen LogP contribution in [0.3, 0.4) is 0 Å². The summed E-state index contributed by atoms with van der Waals surface area (Å²) < 4.78 is 10.8. The molecule has 2 saturated carbocycles. The van der Waals surface area contributed by atoms with Crippen molar-refractivity contribution in [2.45, 2.75) is 57.5 Å². The highest BCUT2D eigenvalue weighted by molar-refractivity contribution is 5.49. The van der Waals surface area contributed by atoms with Crippen LogP contribution in [0.2, 0.25) is 0 Å². The molecular weight excluding hydrogens is 302 g/mol. The number of aromatic hydroxyl groups is 1. The molecule has 0 radical (unpaired) electrons. The Hall–Kier alpha value is -1.89. The topological polar surface area (TPSA) is 62.5 Å². The number of aryl methyl sites for hydroxylation is 1. The summed E-state index contributed by atoms with van der Waals surface area (Å²) in [6.07, 6.45) is 8.61. The summed E-state index contributed by atoms with van der Waals surface area (Å²) in [5.41, 5.74) is 2.78. The number of fused-ring (bicyclic) bond motifs is 5. The maximum Gasteiger partial charge on any atom is 0.286 e. The first-order valence-electron chi connectivity index (χ1n) is 9.03. The van der Waals surface area contributed by atoms with Gasteiger partial charge in [0, 0.05) is 5.41 Å². The maximum absolute atomic E-state index is 10.1. The Morgan fingerprint density at radius 3 is 2.83 bits per heavy atom. The smallest absolute Gasteiger partial charge is 0.286 e. The fourth-order valence-corrected chi connectivity index (χ4v) is 5.96. The normalized spacial score (nSPS) is 36.9. The molecule has 1 N–H and O–H groups in total. The van der Waals surface area contributed by atoms with E-state index >= 15 is 0 Å². The zero-order valence-electron chi connectivity index (χ0n) is 14.4. The van der Waals surface area contributed by atoms with Crippen LogP contribution in [0.25, 0.3) is 0 Å². The van der Waals surface area contributed by atoms with Crippen LogP contribution in [0.5, 0.6) is 11.5 Å². The summed E-state index contributed by atoms with van der Waals surface area (Å²) >= 11 is 0. The molecule has 0 spiro atoms. The minimum atomic E-state index is 0.0872. The lowest BCUT2D eigenvalue weighted by Crippen LogP contribution is -2.44. The third kappa shape index (κ3) is 2.10. The molecule has 5 atom stereocenters. The van der Waals surface area contributed by atoms with Gasteiger partial charge in [-0.3, -0.25) is 0 Å². The van der Waals surface area contributed by atoms with Crippen molar-refractivity contribution in [3.05, 3.63) is 23.3 Å². The number of benzene rings is 1. The predicted molar refractivity (Wildman–Crippen MR) is 89.8 cm³/mol. The quantitative estimate of drug-likeness (QED) is 0.830. The number of phenolic OH excluding ortho intramolecular Hbond substituents is 1. The summed E-state index contributed by atoms with van der Waals surface area (Å²) in [4.78, 5) is 0. The summed E-state index contributed by atoms with van der Waals surface area (Å²) in [5, 5.41) is 19.0. The lowest BCUT2D eigenvalue weighted by molar-refractivity contribution is -0.0240. The highest BCUT2D eigenvalue weighted by atomic mass is 16.5. The molecule has 128 valence electrons. The molecule has 0 aliphatic heterocycles. The van der Waals surface area contributed by atoms with Gasteiger partial charge in [0.15, 0.2) is 11.5 Å². The van der Waals surface area contributed by atoms with Gasteiger partial charge >= 0.3 is 0 Å². The minimum absolute atomic E-state index is 0.0872. The van der Waals surface area contributed by atoms with Gasteiger partial charge in [0.1, 0.15) is 6.10 Å². The van der Waals surface area contributed by atoms with Crippen molar-refractivity contribution in [2.75, 3.05) is 7.11 Å². The largest absolute Gasteiger partial charge is 0.504 e. The summed E-state index contributed by atoms with van der Waals surface area (Å²) in [5.74, 6) is 2.65. The van der Waals surface area contributed by atoms with E-state index in [0.717, 1.165) is 32.1 Å². The molecule has 0 saturated heterocycles. The highest BCUT2D eigenvalue weighted by Gasteiger charge is 2.56. The Labute approximate surface area is 143 Å². The molecule has 4 rings (SSSR count). The molecule has 1 aromatic rings. The van der Waals surface area contributed by atoms with Crippen molar-refractivity contribution in [1.82, 2.24) is 0 Å². The SMILES string of the molecule is COc1cc2c(cc1O)CCC1C2CC[C@@]2(C)C1CC[C@@H]2OC#N. The van der Waals surface area contributed by atoms with Gasteiger partial charge in [-0.1, -0.05) is 6.92 Å². The zero-order valence-corrected chi connectivity index (χ0v) is 14.4. The summed E-state index contributed by atoms with van der Waals surface area (Å²) in [6.45, 7) is 2.33. The predicted octanol–water partition coefficient (Wildman–Crippen LogP) is 4.12. The van der Waals surface area contributed by atoms with Gasteiger partial charge in [0.25, 0.3) is 6.26 Å². The second-order valence-corrected chi connectivity index (χ2v) is 7.96. The van der Waals surface area contributed by atoms with E-state index in [1.807, 2.05) is 12.3 Å². The molecule has 0 bridgehead atoms. The second-order valence-electron chi connectivity index (χ2n) is 7.96. The van der Waals surface area contributed by atoms with Crippen LogP contribution in [-0.4, -0.2) is 18.3 Å². The Kier molecular flexibility index (Phi) is 3.63. The maximum atomic E-state index is 10.1. The van der Waals surface area contributed by atoms with Crippen molar-refractivity contribution in [2.24, 2.45) is 17.3 Å². The average molecular weight is 327 g/mol. The number of rotatable bonds is 2. The standard InChI is InChI=1S/C20H25NO3/c1-20-8-7-13-14(16(20)5-6-19(20)24-11-21)4-3-12-9-17(22)18(23-2)10-15(12)13/h9-10,13-14,16,19,22H,3-8H2,1-2H3/t13?,14?,16?,19-,20-/m0/s1. The summed E-state index contributed by atoms with van der Waals surface area (Å²) in [7, 11) is 1.61. The van der Waals surface area contributed by atoms with Crippen molar-refractivity contribution < 1.29 is 14.6 Å². The fourth-order valence-electron chi connectivity index (χ4n) is 5.96. The molecule has 0 amide bonds. The van der Waals surface area contributed by atoms with Crippen LogP contribution in [0.1, 0.15) is 56.1 Å². The van der Waals surface area contributed by atoms with E-state index in [1.165, 1.54) is 17.5 Å². The van der Waals surface area contributed by atoms with Crippen molar-refractivity contribution in [3.8, 4) is 17.8 Å². The Balaban J connectivity index is 1.68. The number of nitrogens with zero attached hydrogens (tertiary/aromatic N) is 1. The van der Waals surface area contributed by atoms with E-state index in [4.69, 9.17) is 14.7 Å². The number of phenols is 1. The van der Waals surface area contributed by atoms with E-state index in [0.29, 0.717) is 23.5 Å². The van der Waals surface area contributed by atoms with E-state index in [2.05, 4.69) is 13.0 Å². The van der Waals surface area contributed by atoms with E-state index in [1.54, 1.807) is 7.11 Å². The molecule has 2 fully saturated rings. The molecule has 0 heterocycles. The number of nitriles is 1. The van der Waals surface area contributed by atoms with Crippen LogP contribution in [0, 0.1) is 28.8 Å². The van der Waals surface area contributed by atoms with Gasteiger partial charge in [-0.15, -0.1) is 0 Å². The number of hydrogen-bond acceptors (Lipinski definition) is 4. The fraction of sp³-hybridized carbons (Fsp3) is 0.650. The molecule has 4 nitrogen and oxygen atoms in total. The highest BCUT2D eigenvalue weighted by Crippen LogP contribution is 2.61. The molecule has 4 heteroatoms. The monoisotopic (exact) mass is 327 g/mol. The lowest BCUT2D eigenvalue weighted by Gasteiger charge is -2.50. The molecule has 24 heavy (non-hydrogen) atoms. The third-order valence-electron chi connectivity index (χ3n) is 7.13. The van der Waals surface area contributed by atoms with Crippen molar-refractivity contribution in [1.29, 1.82) is 5.26 Å². The zero-order chi connectivity index (χ0) is 16.9. The molecule has 0 aromatic heterocycles. The van der Waals surface area contributed by atoms with Gasteiger partial charge in [-0.25, -0.2) is 0 Å². The first-order chi connectivity index (χ1) is 11.6. The van der Waals surface area contributed by atoms with Gasteiger partial charge < -0.3 is 14.6 Å². The van der Waals surface area contributed by atoms with Crippen LogP contribution in [0.4, 0.5) is 0 Å². The first kappa shape index (κ1) is 15.6. The Bertz CT molecular complexity index is 695. The van der Waals surface area contributed by atoms with Crippen molar-refractivity contribution in [3.63, 3.8) is 0 Å². The van der Waals surface area contributed by atoms with E-state index in [-0.39, 0.29) is 17.3 Å². The molecular formula is C20H25NO3. The van der Waals surface area contributed by atoms with Gasteiger partial charge in [-0.2, -0.15) is 5.26 Å². The Morgan fingerprint density at radius 1 is 1.25 bits per heavy atom. The third-order valence-corrected chi connectivity index (χ3v) is 7.13. The van der Waals surface area contributed by atoms with Crippen molar-refractivity contribution >= 4 is 0 Å². The van der Waals surface area contributed by atoms with E-state index < -0.39 is 0 Å². The van der Waals surface area contributed by atoms with Crippen LogP contribution in [-0.2, 0) is 11.2 Å². The first-order valence-corrected chi connectivity index (χ1v) is 9.03. The van der Waals surface area contributed by atoms with Crippen LogP contribution < -0.4 is 4.74 Å². The average Bonchev–Trinajstić information content (AvgIpc) is 2.91. The molecule has 3 aliphatic carbocycles. The number of ether oxygens (including phenoxy) is 2. The minimum Gasteiger partial charge on any atom is -0.504 e. The van der Waals surface area contributed by atoms with E-state index in [9.17, 15) is 5.11 Å². The number of hydrogen-bond donors (Lipinski definition) is 1. The van der Waals surface area contributed by atoms with Crippen LogP contribution >= 0.6 is 0 Å². The van der Waals surface area contributed by atoms with Gasteiger partial charge in [0.2, 0.25) is 0 Å². The van der Waals surface area contributed by atoms with Crippen LogP contribution in [0.15, 0.2) is 12.1 Å². The lowest BCUT2D eigenvalue weighted by atomic mass is 9.55. The second kappa shape index (κ2) is 5.58. The molecule has 3 aliphatic rings. The molecule has 1 aromatic carbocycles.